The van der Waals surface area contributed by atoms with E-state index in [9.17, 15) is 0 Å². The van der Waals surface area contributed by atoms with Crippen molar-refractivity contribution in [3.63, 3.8) is 0 Å². The van der Waals surface area contributed by atoms with E-state index in [4.69, 9.17) is 15.2 Å². The Labute approximate surface area is 84.6 Å². The fraction of sp³-hybridized carbons (Fsp3) is 0.636. The summed E-state index contributed by atoms with van der Waals surface area (Å²) in [4.78, 5) is 0. The van der Waals surface area contributed by atoms with Gasteiger partial charge in [0, 0.05) is 5.92 Å². The van der Waals surface area contributed by atoms with Gasteiger partial charge < -0.3 is 15.2 Å². The summed E-state index contributed by atoms with van der Waals surface area (Å²) in [5.41, 5.74) is 6.87. The average molecular weight is 195 g/mol. The second kappa shape index (κ2) is 3.85. The number of hydrogen-bond donors (Lipinski definition) is 1. The molecule has 1 saturated heterocycles. The van der Waals surface area contributed by atoms with Gasteiger partial charge in [0.1, 0.15) is 0 Å². The van der Waals surface area contributed by atoms with Gasteiger partial charge in [0.15, 0.2) is 12.6 Å². The molecule has 1 aliphatic heterocycles. The highest BCUT2D eigenvalue weighted by atomic mass is 16.9. The number of ether oxygens (including phenoxy) is 2. The molecule has 1 spiro atoms. The first-order valence-electron chi connectivity index (χ1n) is 5.15. The SMILES string of the molecule is CC1C(CCCN)=CC=CC12OCO2. The molecule has 0 bridgehead atoms. The summed E-state index contributed by atoms with van der Waals surface area (Å²) in [5.74, 6) is -0.147. The molecule has 0 aromatic rings. The Morgan fingerprint density at radius 3 is 2.93 bits per heavy atom. The van der Waals surface area contributed by atoms with Crippen LogP contribution in [-0.4, -0.2) is 19.1 Å². The first-order chi connectivity index (χ1) is 6.78. The first-order valence-corrected chi connectivity index (χ1v) is 5.15. The van der Waals surface area contributed by atoms with Gasteiger partial charge in [-0.2, -0.15) is 0 Å². The first kappa shape index (κ1) is 9.90. The minimum atomic E-state index is -0.460. The number of rotatable bonds is 3. The zero-order valence-corrected chi connectivity index (χ0v) is 8.53. The Hall–Kier alpha value is -0.640. The van der Waals surface area contributed by atoms with Crippen LogP contribution in [-0.2, 0) is 9.47 Å². The molecule has 1 aliphatic carbocycles. The van der Waals surface area contributed by atoms with E-state index in [1.165, 1.54) is 5.57 Å². The maximum absolute atomic E-state index is 5.50. The molecule has 1 fully saturated rings. The van der Waals surface area contributed by atoms with Gasteiger partial charge in [0.2, 0.25) is 0 Å². The van der Waals surface area contributed by atoms with Gasteiger partial charge in [-0.25, -0.2) is 0 Å². The van der Waals surface area contributed by atoms with Crippen LogP contribution < -0.4 is 5.73 Å². The second-order valence-electron chi connectivity index (χ2n) is 3.84. The molecular weight excluding hydrogens is 178 g/mol. The molecule has 1 unspecified atom stereocenters. The van der Waals surface area contributed by atoms with Gasteiger partial charge >= 0.3 is 0 Å². The van der Waals surface area contributed by atoms with Crippen molar-refractivity contribution in [2.24, 2.45) is 11.7 Å². The lowest BCUT2D eigenvalue weighted by atomic mass is 9.84. The van der Waals surface area contributed by atoms with E-state index < -0.39 is 5.79 Å². The van der Waals surface area contributed by atoms with Crippen LogP contribution in [0.15, 0.2) is 23.8 Å². The van der Waals surface area contributed by atoms with E-state index in [2.05, 4.69) is 13.0 Å². The maximum Gasteiger partial charge on any atom is 0.199 e. The zero-order chi connectivity index (χ0) is 10.0. The van der Waals surface area contributed by atoms with E-state index in [0.717, 1.165) is 19.4 Å². The minimum Gasteiger partial charge on any atom is -0.330 e. The van der Waals surface area contributed by atoms with Crippen molar-refractivity contribution in [3.8, 4) is 0 Å². The van der Waals surface area contributed by atoms with E-state index in [1.54, 1.807) is 0 Å². The van der Waals surface area contributed by atoms with Crippen molar-refractivity contribution < 1.29 is 9.47 Å². The number of allylic oxidation sites excluding steroid dienone is 2. The summed E-state index contributed by atoms with van der Waals surface area (Å²) in [5, 5.41) is 0. The Bertz CT molecular complexity index is 266. The van der Waals surface area contributed by atoms with Crippen molar-refractivity contribution in [1.82, 2.24) is 0 Å². The lowest BCUT2D eigenvalue weighted by molar-refractivity contribution is -0.387. The third-order valence-corrected chi connectivity index (χ3v) is 3.04. The molecule has 0 aromatic carbocycles. The summed E-state index contributed by atoms with van der Waals surface area (Å²) >= 11 is 0. The minimum absolute atomic E-state index is 0.313. The Morgan fingerprint density at radius 2 is 2.36 bits per heavy atom. The molecule has 0 saturated carbocycles. The summed E-state index contributed by atoms with van der Waals surface area (Å²) in [6.07, 6.45) is 8.23. The molecule has 0 radical (unpaired) electrons. The van der Waals surface area contributed by atoms with Gasteiger partial charge in [0.25, 0.3) is 0 Å². The summed E-state index contributed by atoms with van der Waals surface area (Å²) in [6.45, 7) is 3.30. The smallest absolute Gasteiger partial charge is 0.199 e. The molecular formula is C11H17NO2. The second-order valence-corrected chi connectivity index (χ2v) is 3.84. The molecule has 2 N–H and O–H groups in total. The monoisotopic (exact) mass is 195 g/mol. The third-order valence-electron chi connectivity index (χ3n) is 3.04. The van der Waals surface area contributed by atoms with Gasteiger partial charge in [-0.3, -0.25) is 0 Å². The van der Waals surface area contributed by atoms with Crippen LogP contribution in [0.5, 0.6) is 0 Å². The van der Waals surface area contributed by atoms with Gasteiger partial charge in [0.05, 0.1) is 0 Å². The van der Waals surface area contributed by atoms with Crippen molar-refractivity contribution in [2.45, 2.75) is 25.6 Å². The highest BCUT2D eigenvalue weighted by Crippen LogP contribution is 2.40. The normalized spacial score (nSPS) is 28.7. The molecule has 78 valence electrons. The largest absolute Gasteiger partial charge is 0.330 e. The van der Waals surface area contributed by atoms with Gasteiger partial charge in [-0.15, -0.1) is 0 Å². The van der Waals surface area contributed by atoms with Crippen LogP contribution in [0.4, 0.5) is 0 Å². The Balaban J connectivity index is 2.04. The fourth-order valence-corrected chi connectivity index (χ4v) is 2.00. The van der Waals surface area contributed by atoms with E-state index in [1.807, 2.05) is 12.2 Å². The molecule has 0 amide bonds. The van der Waals surface area contributed by atoms with Crippen LogP contribution in [0.3, 0.4) is 0 Å². The molecule has 3 nitrogen and oxygen atoms in total. The predicted octanol–water partition coefficient (Wildman–Crippen LogP) is 1.56. The topological polar surface area (TPSA) is 44.5 Å². The molecule has 1 atom stereocenters. The van der Waals surface area contributed by atoms with Crippen LogP contribution in [0, 0.1) is 5.92 Å². The summed E-state index contributed by atoms with van der Waals surface area (Å²) in [7, 11) is 0. The van der Waals surface area contributed by atoms with E-state index in [0.29, 0.717) is 12.7 Å². The van der Waals surface area contributed by atoms with Crippen LogP contribution >= 0.6 is 0 Å². The fourth-order valence-electron chi connectivity index (χ4n) is 2.00. The van der Waals surface area contributed by atoms with Crippen LogP contribution in [0.2, 0.25) is 0 Å². The standard InChI is InChI=1S/C11H17NO2/c1-9-10(5-3-7-12)4-2-6-11(9)13-8-14-11/h2,4,6,9H,3,5,7-8,12H2,1H3. The van der Waals surface area contributed by atoms with E-state index in [-0.39, 0.29) is 0 Å². The van der Waals surface area contributed by atoms with Crippen molar-refractivity contribution in [3.05, 3.63) is 23.8 Å². The van der Waals surface area contributed by atoms with Crippen molar-refractivity contribution >= 4 is 0 Å². The third kappa shape index (κ3) is 1.52. The van der Waals surface area contributed by atoms with E-state index >= 15 is 0 Å². The Morgan fingerprint density at radius 1 is 1.57 bits per heavy atom. The number of hydrogen-bond acceptors (Lipinski definition) is 3. The molecule has 3 heteroatoms. The molecule has 14 heavy (non-hydrogen) atoms. The van der Waals surface area contributed by atoms with Gasteiger partial charge in [-0.05, 0) is 25.5 Å². The molecule has 2 aliphatic rings. The highest BCUT2D eigenvalue weighted by molar-refractivity contribution is 5.27. The number of nitrogens with two attached hydrogens (primary N) is 1. The van der Waals surface area contributed by atoms with Crippen LogP contribution in [0.1, 0.15) is 19.8 Å². The average Bonchev–Trinajstić information content (AvgIpc) is 2.14. The summed E-state index contributed by atoms with van der Waals surface area (Å²) in [6, 6.07) is 0. The molecule has 1 heterocycles. The lowest BCUT2D eigenvalue weighted by Gasteiger charge is -2.45. The quantitative estimate of drug-likeness (QED) is 0.743. The van der Waals surface area contributed by atoms with Gasteiger partial charge in [-0.1, -0.05) is 24.6 Å². The molecule has 0 aromatic heterocycles. The highest BCUT2D eigenvalue weighted by Gasteiger charge is 2.45. The predicted molar refractivity (Wildman–Crippen MR) is 54.4 cm³/mol. The van der Waals surface area contributed by atoms with Crippen LogP contribution in [0.25, 0.3) is 0 Å². The van der Waals surface area contributed by atoms with Crippen molar-refractivity contribution in [1.29, 1.82) is 0 Å². The van der Waals surface area contributed by atoms with Crippen molar-refractivity contribution in [2.75, 3.05) is 13.3 Å². The summed E-state index contributed by atoms with van der Waals surface area (Å²) < 4.78 is 11.0. The zero-order valence-electron chi connectivity index (χ0n) is 8.53. The lowest BCUT2D eigenvalue weighted by Crippen LogP contribution is -2.51. The Kier molecular flexibility index (Phi) is 2.72. The molecule has 2 rings (SSSR count). The maximum atomic E-state index is 5.50.